The van der Waals surface area contributed by atoms with Crippen molar-refractivity contribution < 1.29 is 19.4 Å². The summed E-state index contributed by atoms with van der Waals surface area (Å²) in [4.78, 5) is 33.0. The van der Waals surface area contributed by atoms with Crippen molar-refractivity contribution in [1.29, 1.82) is 0 Å². The van der Waals surface area contributed by atoms with Gasteiger partial charge in [0.1, 0.15) is 6.61 Å². The van der Waals surface area contributed by atoms with Crippen molar-refractivity contribution in [2.45, 2.75) is 18.0 Å². The van der Waals surface area contributed by atoms with E-state index in [1.807, 2.05) is 24.3 Å². The number of carbonyl (C=O) groups excluding carboxylic acids is 2. The first-order valence-electron chi connectivity index (χ1n) is 8.89. The highest BCUT2D eigenvalue weighted by Gasteiger charge is 2.55. The molecule has 2 amide bonds. The number of pyridine rings is 1. The van der Waals surface area contributed by atoms with Gasteiger partial charge >= 0.3 is 0 Å². The number of para-hydroxylation sites is 1. The van der Waals surface area contributed by atoms with E-state index in [0.717, 1.165) is 11.3 Å². The van der Waals surface area contributed by atoms with E-state index < -0.39 is 0 Å². The number of aromatic nitrogens is 1. The van der Waals surface area contributed by atoms with Crippen LogP contribution >= 0.6 is 0 Å². The lowest BCUT2D eigenvalue weighted by molar-refractivity contribution is -0.154. The molecule has 4 rings (SSSR count). The Bertz CT molecular complexity index is 857. The van der Waals surface area contributed by atoms with Crippen LogP contribution in [0.3, 0.4) is 0 Å². The normalized spacial score (nSPS) is 23.3. The van der Waals surface area contributed by atoms with Gasteiger partial charge in [0.05, 0.1) is 24.3 Å². The summed E-state index contributed by atoms with van der Waals surface area (Å²) in [5.41, 5.74) is 2.30. The van der Waals surface area contributed by atoms with E-state index in [-0.39, 0.29) is 43.0 Å². The number of methoxy groups -OCH3 is 1. The second kappa shape index (κ2) is 7.09. The van der Waals surface area contributed by atoms with Crippen LogP contribution in [0.2, 0.25) is 0 Å². The summed E-state index contributed by atoms with van der Waals surface area (Å²) in [7, 11) is 1.47. The van der Waals surface area contributed by atoms with Crippen LogP contribution in [0.4, 0.5) is 5.69 Å². The quantitative estimate of drug-likeness (QED) is 0.873. The number of anilines is 1. The summed E-state index contributed by atoms with van der Waals surface area (Å²) in [6.45, 7) is 0.209. The summed E-state index contributed by atoms with van der Waals surface area (Å²) in [6.07, 6.45) is 3.17. The molecule has 140 valence electrons. The number of hydrogen-bond acceptors (Lipinski definition) is 5. The molecule has 1 aromatic heterocycles. The van der Waals surface area contributed by atoms with Gasteiger partial charge in [0.2, 0.25) is 5.91 Å². The fourth-order valence-electron chi connectivity index (χ4n) is 4.27. The van der Waals surface area contributed by atoms with Gasteiger partial charge in [-0.25, -0.2) is 0 Å². The highest BCUT2D eigenvalue weighted by molar-refractivity contribution is 6.07. The molecule has 0 saturated carbocycles. The number of fused-ring (bicyclic) bond motifs is 3. The largest absolute Gasteiger partial charge is 0.394 e. The van der Waals surface area contributed by atoms with Gasteiger partial charge in [-0.2, -0.15) is 0 Å². The van der Waals surface area contributed by atoms with Gasteiger partial charge in [-0.05, 0) is 23.8 Å². The molecule has 0 bridgehead atoms. The number of aliphatic hydroxyl groups excluding tert-OH is 1. The Labute approximate surface area is 157 Å². The van der Waals surface area contributed by atoms with Crippen LogP contribution < -0.4 is 4.90 Å². The van der Waals surface area contributed by atoms with Crippen molar-refractivity contribution in [3.05, 3.63) is 59.9 Å². The van der Waals surface area contributed by atoms with E-state index in [1.54, 1.807) is 34.3 Å². The Morgan fingerprint density at radius 3 is 2.78 bits per heavy atom. The molecule has 0 aliphatic carbocycles. The van der Waals surface area contributed by atoms with E-state index in [4.69, 9.17) is 4.74 Å². The molecule has 2 aliphatic heterocycles. The van der Waals surface area contributed by atoms with E-state index in [1.165, 1.54) is 7.11 Å². The molecule has 2 aliphatic rings. The van der Waals surface area contributed by atoms with Gasteiger partial charge in [-0.15, -0.1) is 0 Å². The van der Waals surface area contributed by atoms with Crippen LogP contribution in [0.25, 0.3) is 0 Å². The molecule has 0 spiro atoms. The summed E-state index contributed by atoms with van der Waals surface area (Å²) < 4.78 is 4.98. The molecule has 0 radical (unpaired) electrons. The Kier molecular flexibility index (Phi) is 4.63. The molecule has 1 fully saturated rings. The summed E-state index contributed by atoms with van der Waals surface area (Å²) in [5, 5.41) is 9.87. The van der Waals surface area contributed by atoms with Crippen molar-refractivity contribution in [2.24, 2.45) is 0 Å². The second-order valence-corrected chi connectivity index (χ2v) is 6.79. The summed E-state index contributed by atoms with van der Waals surface area (Å²) in [6, 6.07) is 10.7. The molecule has 0 unspecified atom stereocenters. The number of benzene rings is 1. The van der Waals surface area contributed by atoms with E-state index in [0.29, 0.717) is 12.1 Å². The molecule has 1 N–H and O–H groups in total. The number of nitrogens with zero attached hydrogens (tertiary/aromatic N) is 3. The summed E-state index contributed by atoms with van der Waals surface area (Å²) >= 11 is 0. The highest BCUT2D eigenvalue weighted by Crippen LogP contribution is 2.48. The first-order valence-corrected chi connectivity index (χ1v) is 8.89. The van der Waals surface area contributed by atoms with Crippen LogP contribution in [0.1, 0.15) is 21.8 Å². The number of ether oxygens (including phenoxy) is 1. The minimum atomic E-state index is -0.297. The minimum absolute atomic E-state index is 0.00459. The topological polar surface area (TPSA) is 83.0 Å². The highest BCUT2D eigenvalue weighted by atomic mass is 16.5. The molecule has 2 aromatic rings. The molecule has 1 saturated heterocycles. The van der Waals surface area contributed by atoms with Gasteiger partial charge in [0, 0.05) is 37.7 Å². The van der Waals surface area contributed by atoms with E-state index in [9.17, 15) is 14.7 Å². The van der Waals surface area contributed by atoms with Crippen molar-refractivity contribution >= 4 is 17.5 Å². The molecule has 3 atom stereocenters. The Hall–Kier alpha value is -2.77. The zero-order valence-electron chi connectivity index (χ0n) is 15.0. The molecule has 7 heteroatoms. The predicted molar refractivity (Wildman–Crippen MR) is 98.5 cm³/mol. The zero-order chi connectivity index (χ0) is 19.0. The maximum Gasteiger partial charge on any atom is 0.259 e. The molecule has 3 heterocycles. The van der Waals surface area contributed by atoms with Crippen molar-refractivity contribution in [3.63, 3.8) is 0 Å². The van der Waals surface area contributed by atoms with Gasteiger partial charge in [0.15, 0.2) is 0 Å². The first kappa shape index (κ1) is 17.6. The third-order valence-corrected chi connectivity index (χ3v) is 5.40. The molecular formula is C20H21N3O4. The van der Waals surface area contributed by atoms with Gasteiger partial charge < -0.3 is 19.6 Å². The smallest absolute Gasteiger partial charge is 0.259 e. The van der Waals surface area contributed by atoms with Crippen molar-refractivity contribution in [2.75, 3.05) is 31.8 Å². The average molecular weight is 367 g/mol. The Balaban J connectivity index is 1.72. The van der Waals surface area contributed by atoms with Gasteiger partial charge in [-0.1, -0.05) is 18.2 Å². The number of likely N-dealkylation sites (tertiary alicyclic amines) is 1. The monoisotopic (exact) mass is 367 g/mol. The zero-order valence-corrected chi connectivity index (χ0v) is 15.0. The lowest BCUT2D eigenvalue weighted by atomic mass is 9.72. The van der Waals surface area contributed by atoms with Crippen LogP contribution in [0.5, 0.6) is 0 Å². The predicted octanol–water partition coefficient (Wildman–Crippen LogP) is 1.04. The van der Waals surface area contributed by atoms with Gasteiger partial charge in [0.25, 0.3) is 5.91 Å². The van der Waals surface area contributed by atoms with Crippen molar-refractivity contribution in [1.82, 2.24) is 9.88 Å². The van der Waals surface area contributed by atoms with Crippen LogP contribution in [0, 0.1) is 0 Å². The van der Waals surface area contributed by atoms with Crippen LogP contribution in [-0.2, 0) is 9.53 Å². The SMILES string of the molecule is COCC(=O)N1[C@@H](CO)[C@@H]2c3ccccc3N(C(=O)c3cccnc3)C[C@@H]21. The van der Waals surface area contributed by atoms with Crippen LogP contribution in [0.15, 0.2) is 48.8 Å². The minimum Gasteiger partial charge on any atom is -0.394 e. The van der Waals surface area contributed by atoms with Gasteiger partial charge in [-0.3, -0.25) is 14.6 Å². The number of aliphatic hydroxyl groups is 1. The molecule has 1 aromatic carbocycles. The van der Waals surface area contributed by atoms with Crippen molar-refractivity contribution in [3.8, 4) is 0 Å². The van der Waals surface area contributed by atoms with E-state index >= 15 is 0 Å². The fourth-order valence-corrected chi connectivity index (χ4v) is 4.27. The average Bonchev–Trinajstić information content (AvgIpc) is 2.68. The number of amides is 2. The number of carbonyl (C=O) groups is 2. The second-order valence-electron chi connectivity index (χ2n) is 6.79. The number of hydrogen-bond donors (Lipinski definition) is 1. The number of rotatable bonds is 4. The molecule has 7 nitrogen and oxygen atoms in total. The standard InChI is InChI=1S/C20H21N3O4/c1-27-12-18(25)23-16-10-22(20(26)13-5-4-8-21-9-13)15-7-3-2-6-14(15)19(16)17(23)11-24/h2-9,16-17,19,24H,10-12H2,1H3/t16-,17-,19+/m0/s1. The third kappa shape index (κ3) is 2.79. The lowest BCUT2D eigenvalue weighted by Crippen LogP contribution is -2.71. The lowest BCUT2D eigenvalue weighted by Gasteiger charge is -2.58. The van der Waals surface area contributed by atoms with Crippen LogP contribution in [-0.4, -0.2) is 65.8 Å². The maximum absolute atomic E-state index is 13.1. The third-order valence-electron chi connectivity index (χ3n) is 5.40. The maximum atomic E-state index is 13.1. The molecule has 27 heavy (non-hydrogen) atoms. The molecular weight excluding hydrogens is 346 g/mol. The Morgan fingerprint density at radius 1 is 1.26 bits per heavy atom. The fraction of sp³-hybridized carbons (Fsp3) is 0.350. The van der Waals surface area contributed by atoms with E-state index in [2.05, 4.69) is 4.98 Å². The first-order chi connectivity index (χ1) is 13.2. The Morgan fingerprint density at radius 2 is 2.07 bits per heavy atom. The summed E-state index contributed by atoms with van der Waals surface area (Å²) in [5.74, 6) is -0.323.